The van der Waals surface area contributed by atoms with Crippen LogP contribution in [0.1, 0.15) is 12.8 Å². The van der Waals surface area contributed by atoms with Crippen molar-refractivity contribution in [3.63, 3.8) is 0 Å². The number of nitriles is 2. The van der Waals surface area contributed by atoms with Crippen LogP contribution < -0.4 is 0 Å². The predicted octanol–water partition coefficient (Wildman–Crippen LogP) is 4.38. The molecule has 0 saturated carbocycles. The molecule has 0 radical (unpaired) electrons. The number of pyridine rings is 1. The maximum atomic E-state index is 12.7. The summed E-state index contributed by atoms with van der Waals surface area (Å²) in [4.78, 5) is 18.4. The van der Waals surface area contributed by atoms with Crippen LogP contribution in [0.3, 0.4) is 0 Å². The molecule has 2 heterocycles. The Balaban J connectivity index is 1.90. The van der Waals surface area contributed by atoms with E-state index < -0.39 is 0 Å². The highest BCUT2D eigenvalue weighted by Gasteiger charge is 2.20. The Morgan fingerprint density at radius 3 is 2.47 bits per heavy atom. The average Bonchev–Trinajstić information content (AvgIpc) is 3.24. The highest BCUT2D eigenvalue weighted by atomic mass is 35.5. The first-order chi connectivity index (χ1) is 15.5. The van der Waals surface area contributed by atoms with Crippen molar-refractivity contribution in [2.45, 2.75) is 18.0 Å². The van der Waals surface area contributed by atoms with Crippen molar-refractivity contribution in [1.82, 2.24) is 24.6 Å². The smallest absolute Gasteiger partial charge is 0.233 e. The number of aromatic nitrogens is 4. The molecular weight excluding hydrogens is 469 g/mol. The number of carbonyl (C=O) groups is 1. The molecule has 0 spiro atoms. The van der Waals surface area contributed by atoms with Gasteiger partial charge in [0.15, 0.2) is 11.0 Å². The normalized spacial score (nSPS) is 10.4. The van der Waals surface area contributed by atoms with Crippen molar-refractivity contribution in [1.29, 1.82) is 10.5 Å². The number of carbonyl (C=O) groups excluding carboxylic acids is 1. The van der Waals surface area contributed by atoms with Crippen molar-refractivity contribution in [3.05, 3.63) is 52.8 Å². The second kappa shape index (κ2) is 11.5. The molecule has 0 unspecified atom stereocenters. The third-order valence-corrected chi connectivity index (χ3v) is 6.03. The van der Waals surface area contributed by atoms with Crippen molar-refractivity contribution in [3.8, 4) is 29.2 Å². The van der Waals surface area contributed by atoms with E-state index in [0.29, 0.717) is 26.7 Å². The number of benzene rings is 1. The second-order valence-electron chi connectivity index (χ2n) is 6.47. The minimum absolute atomic E-state index is 0.0728. The topological polar surface area (TPSA) is 111 Å². The molecule has 162 valence electrons. The number of nitrogens with zero attached hydrogens (tertiary/aromatic N) is 7. The first kappa shape index (κ1) is 23.6. The average molecular weight is 486 g/mol. The fourth-order valence-electron chi connectivity index (χ4n) is 2.85. The van der Waals surface area contributed by atoms with Crippen LogP contribution in [0.25, 0.3) is 17.1 Å². The van der Waals surface area contributed by atoms with Crippen LogP contribution in [-0.2, 0) is 4.79 Å². The number of rotatable bonds is 9. The van der Waals surface area contributed by atoms with E-state index >= 15 is 0 Å². The van der Waals surface area contributed by atoms with Crippen molar-refractivity contribution in [2.75, 3.05) is 18.8 Å². The number of halogens is 2. The standard InChI is InChI=1S/C21H17Cl2N7OS/c22-17-6-5-16(12-18(17)23)30-20(15-4-1-9-26-13-15)27-28-21(30)32-14-19(31)29(10-2-7-24)11-3-8-25/h1,4-6,9,12-13H,2-3,10-11,14H2. The Kier molecular flexibility index (Phi) is 8.46. The third-order valence-electron chi connectivity index (χ3n) is 4.38. The van der Waals surface area contributed by atoms with Gasteiger partial charge >= 0.3 is 0 Å². The lowest BCUT2D eigenvalue weighted by Crippen LogP contribution is -2.34. The van der Waals surface area contributed by atoms with Gasteiger partial charge in [0.2, 0.25) is 5.91 Å². The van der Waals surface area contributed by atoms with Gasteiger partial charge in [-0.15, -0.1) is 10.2 Å². The molecule has 3 rings (SSSR count). The Morgan fingerprint density at radius 2 is 1.84 bits per heavy atom. The maximum Gasteiger partial charge on any atom is 0.233 e. The molecule has 8 nitrogen and oxygen atoms in total. The summed E-state index contributed by atoms with van der Waals surface area (Å²) in [6.07, 6.45) is 3.73. The molecule has 2 aromatic heterocycles. The zero-order valence-corrected chi connectivity index (χ0v) is 19.1. The van der Waals surface area contributed by atoms with Gasteiger partial charge in [-0.25, -0.2) is 0 Å². The molecular formula is C21H17Cl2N7OS. The summed E-state index contributed by atoms with van der Waals surface area (Å²) in [6, 6.07) is 12.9. The number of hydrogen-bond acceptors (Lipinski definition) is 7. The molecule has 0 saturated heterocycles. The van der Waals surface area contributed by atoms with Crippen molar-refractivity contribution >= 4 is 40.9 Å². The molecule has 1 aromatic carbocycles. The monoisotopic (exact) mass is 485 g/mol. The van der Waals surface area contributed by atoms with E-state index in [-0.39, 0.29) is 37.6 Å². The second-order valence-corrected chi connectivity index (χ2v) is 8.22. The largest absolute Gasteiger partial charge is 0.340 e. The lowest BCUT2D eigenvalue weighted by molar-refractivity contribution is -0.128. The summed E-state index contributed by atoms with van der Waals surface area (Å²) in [5.41, 5.74) is 1.43. The molecule has 3 aromatic rings. The van der Waals surface area contributed by atoms with Gasteiger partial charge in [-0.3, -0.25) is 14.3 Å². The molecule has 0 aliphatic rings. The van der Waals surface area contributed by atoms with Gasteiger partial charge in [0.1, 0.15) is 0 Å². The first-order valence-corrected chi connectivity index (χ1v) is 11.2. The molecule has 0 aliphatic heterocycles. The van der Waals surface area contributed by atoms with E-state index in [1.54, 1.807) is 41.2 Å². The van der Waals surface area contributed by atoms with Crippen molar-refractivity contribution in [2.24, 2.45) is 0 Å². The number of amides is 1. The van der Waals surface area contributed by atoms with E-state index in [9.17, 15) is 4.79 Å². The number of hydrogen-bond donors (Lipinski definition) is 0. The van der Waals surface area contributed by atoms with Crippen LogP contribution in [0, 0.1) is 22.7 Å². The SMILES string of the molecule is N#CCCN(CCC#N)C(=O)CSc1nnc(-c2cccnc2)n1-c1ccc(Cl)c(Cl)c1. The summed E-state index contributed by atoms with van der Waals surface area (Å²) >= 11 is 13.5. The molecule has 32 heavy (non-hydrogen) atoms. The zero-order valence-electron chi connectivity index (χ0n) is 16.8. The van der Waals surface area contributed by atoms with Crippen LogP contribution >= 0.6 is 35.0 Å². The minimum Gasteiger partial charge on any atom is -0.340 e. The van der Waals surface area contributed by atoms with Gasteiger partial charge in [0.25, 0.3) is 0 Å². The molecule has 0 bridgehead atoms. The Morgan fingerprint density at radius 1 is 1.09 bits per heavy atom. The van der Waals surface area contributed by atoms with Crippen LogP contribution in [0.5, 0.6) is 0 Å². The quantitative estimate of drug-likeness (QED) is 0.413. The lowest BCUT2D eigenvalue weighted by atomic mass is 10.2. The van der Waals surface area contributed by atoms with Gasteiger partial charge in [0.05, 0.1) is 46.5 Å². The van der Waals surface area contributed by atoms with Crippen LogP contribution in [0.15, 0.2) is 47.9 Å². The third kappa shape index (κ3) is 5.77. The lowest BCUT2D eigenvalue weighted by Gasteiger charge is -2.20. The summed E-state index contributed by atoms with van der Waals surface area (Å²) in [6.45, 7) is 0.552. The summed E-state index contributed by atoms with van der Waals surface area (Å²) in [7, 11) is 0. The number of thioether (sulfide) groups is 1. The molecule has 0 N–H and O–H groups in total. The molecule has 1 amide bonds. The minimum atomic E-state index is -0.188. The Labute approximate surface area is 199 Å². The summed E-state index contributed by atoms with van der Waals surface area (Å²) in [5.74, 6) is 0.424. The van der Waals surface area contributed by atoms with Crippen LogP contribution in [0.2, 0.25) is 10.0 Å². The van der Waals surface area contributed by atoms with Gasteiger partial charge in [-0.1, -0.05) is 35.0 Å². The van der Waals surface area contributed by atoms with E-state index in [1.165, 1.54) is 16.7 Å². The Hall–Kier alpha value is -3.11. The molecule has 0 aliphatic carbocycles. The maximum absolute atomic E-state index is 12.7. The fraction of sp³-hybridized carbons (Fsp3) is 0.238. The van der Waals surface area contributed by atoms with Gasteiger partial charge in [-0.2, -0.15) is 10.5 Å². The van der Waals surface area contributed by atoms with Crippen LogP contribution in [-0.4, -0.2) is 49.4 Å². The van der Waals surface area contributed by atoms with Gasteiger partial charge < -0.3 is 4.90 Å². The van der Waals surface area contributed by atoms with E-state index in [0.717, 1.165) is 5.56 Å². The van der Waals surface area contributed by atoms with Gasteiger partial charge in [0, 0.05) is 31.0 Å². The van der Waals surface area contributed by atoms with Crippen molar-refractivity contribution < 1.29 is 4.79 Å². The Bertz CT molecular complexity index is 1150. The zero-order chi connectivity index (χ0) is 22.9. The van der Waals surface area contributed by atoms with Gasteiger partial charge in [-0.05, 0) is 30.3 Å². The summed E-state index contributed by atoms with van der Waals surface area (Å²) in [5, 5.41) is 27.5. The highest BCUT2D eigenvalue weighted by molar-refractivity contribution is 7.99. The van der Waals surface area contributed by atoms with E-state index in [1.807, 2.05) is 18.2 Å². The first-order valence-electron chi connectivity index (χ1n) is 9.51. The molecule has 11 heteroatoms. The van der Waals surface area contributed by atoms with E-state index in [2.05, 4.69) is 15.2 Å². The summed E-state index contributed by atoms with van der Waals surface area (Å²) < 4.78 is 1.78. The fourth-order valence-corrected chi connectivity index (χ4v) is 4.00. The predicted molar refractivity (Wildman–Crippen MR) is 122 cm³/mol. The van der Waals surface area contributed by atoms with E-state index in [4.69, 9.17) is 33.7 Å². The molecule has 0 atom stereocenters. The highest BCUT2D eigenvalue weighted by Crippen LogP contribution is 2.31. The molecule has 0 fully saturated rings. The van der Waals surface area contributed by atoms with Crippen LogP contribution in [0.4, 0.5) is 0 Å².